The van der Waals surface area contributed by atoms with Gasteiger partial charge in [-0.2, -0.15) is 4.98 Å². The summed E-state index contributed by atoms with van der Waals surface area (Å²) >= 11 is 0. The zero-order valence-electron chi connectivity index (χ0n) is 18.1. The maximum atomic E-state index is 11.5. The Morgan fingerprint density at radius 2 is 1.81 bits per heavy atom. The Balaban J connectivity index is 1.05. The quantitative estimate of drug-likeness (QED) is 0.571. The topological polar surface area (TPSA) is 79.9 Å². The second-order valence-corrected chi connectivity index (χ2v) is 8.10. The molecule has 0 amide bonds. The van der Waals surface area contributed by atoms with Gasteiger partial charge in [0.1, 0.15) is 18.9 Å². The number of ether oxygens (including phenoxy) is 3. The van der Waals surface area contributed by atoms with Crippen LogP contribution in [0, 0.1) is 0 Å². The highest BCUT2D eigenvalue weighted by molar-refractivity contribution is 5.74. The number of nitrogens with one attached hydrogen (secondary N) is 1. The zero-order valence-corrected chi connectivity index (χ0v) is 18.1. The summed E-state index contributed by atoms with van der Waals surface area (Å²) in [6.45, 7) is 6.93. The lowest BCUT2D eigenvalue weighted by molar-refractivity contribution is 0.171. The zero-order chi connectivity index (χ0) is 21.8. The smallest absolute Gasteiger partial charge is 0.249 e. The van der Waals surface area contributed by atoms with Gasteiger partial charge in [0.05, 0.1) is 12.3 Å². The first-order valence-corrected chi connectivity index (χ1v) is 11.2. The van der Waals surface area contributed by atoms with Crippen molar-refractivity contribution in [2.45, 2.75) is 12.8 Å². The molecule has 0 aliphatic carbocycles. The molecule has 2 aliphatic heterocycles. The van der Waals surface area contributed by atoms with Gasteiger partial charge in [0, 0.05) is 43.7 Å². The molecule has 8 heteroatoms. The minimum Gasteiger partial charge on any atom is -0.486 e. The molecule has 1 N–H and O–H groups in total. The third kappa shape index (κ3) is 4.65. The van der Waals surface area contributed by atoms with Gasteiger partial charge in [0.25, 0.3) is 0 Å². The number of unbranched alkanes of at least 4 members (excludes halogenated alkanes) is 1. The molecular formula is C24H28N4O4. The van der Waals surface area contributed by atoms with Crippen LogP contribution in [0.1, 0.15) is 12.8 Å². The largest absolute Gasteiger partial charge is 0.486 e. The van der Waals surface area contributed by atoms with E-state index in [1.54, 1.807) is 6.07 Å². The number of anilines is 1. The first kappa shape index (κ1) is 20.6. The Morgan fingerprint density at radius 3 is 2.72 bits per heavy atom. The van der Waals surface area contributed by atoms with E-state index >= 15 is 0 Å². The highest BCUT2D eigenvalue weighted by Crippen LogP contribution is 2.39. The molecule has 8 nitrogen and oxygen atoms in total. The van der Waals surface area contributed by atoms with E-state index in [-0.39, 0.29) is 5.56 Å². The van der Waals surface area contributed by atoms with E-state index < -0.39 is 0 Å². The van der Waals surface area contributed by atoms with Crippen LogP contribution in [0.4, 0.5) is 5.69 Å². The van der Waals surface area contributed by atoms with Crippen LogP contribution in [0.5, 0.6) is 17.4 Å². The number of H-pyrrole nitrogens is 1. The number of rotatable bonds is 7. The number of para-hydroxylation sites is 1. The van der Waals surface area contributed by atoms with Crippen molar-refractivity contribution in [3.63, 3.8) is 0 Å². The number of aromatic nitrogens is 2. The summed E-state index contributed by atoms with van der Waals surface area (Å²) in [5.41, 5.74) is 1.54. The van der Waals surface area contributed by atoms with Crippen LogP contribution in [-0.4, -0.2) is 67.4 Å². The van der Waals surface area contributed by atoms with E-state index in [1.165, 1.54) is 6.07 Å². The van der Waals surface area contributed by atoms with Gasteiger partial charge >= 0.3 is 0 Å². The molecule has 168 valence electrons. The van der Waals surface area contributed by atoms with Crippen molar-refractivity contribution in [2.24, 2.45) is 0 Å². The molecule has 0 saturated carbocycles. The predicted molar refractivity (Wildman–Crippen MR) is 123 cm³/mol. The Hall–Kier alpha value is -3.26. The van der Waals surface area contributed by atoms with Crippen LogP contribution in [0.25, 0.3) is 11.0 Å². The summed E-state index contributed by atoms with van der Waals surface area (Å²) in [6, 6.07) is 13.2. The summed E-state index contributed by atoms with van der Waals surface area (Å²) in [7, 11) is 0. The number of benzene rings is 1. The molecule has 3 aromatic rings. The number of piperazine rings is 1. The second kappa shape index (κ2) is 9.48. The monoisotopic (exact) mass is 436 g/mol. The highest BCUT2D eigenvalue weighted by atomic mass is 16.6. The van der Waals surface area contributed by atoms with Gasteiger partial charge in [-0.25, -0.2) is 0 Å². The molecule has 0 spiro atoms. The molecule has 1 saturated heterocycles. The van der Waals surface area contributed by atoms with Gasteiger partial charge in [0.15, 0.2) is 11.5 Å². The molecule has 2 aliphatic rings. The van der Waals surface area contributed by atoms with E-state index in [1.807, 2.05) is 24.3 Å². The van der Waals surface area contributed by atoms with Gasteiger partial charge in [-0.15, -0.1) is 0 Å². The highest BCUT2D eigenvalue weighted by Gasteiger charge is 2.23. The Bertz CT molecular complexity index is 1120. The number of hydrogen-bond donors (Lipinski definition) is 1. The van der Waals surface area contributed by atoms with Crippen molar-refractivity contribution in [3.05, 3.63) is 52.8 Å². The maximum Gasteiger partial charge on any atom is 0.249 e. The van der Waals surface area contributed by atoms with E-state index in [4.69, 9.17) is 14.2 Å². The number of hydrogen-bond acceptors (Lipinski definition) is 7. The van der Waals surface area contributed by atoms with Gasteiger partial charge in [-0.3, -0.25) is 9.69 Å². The molecule has 4 heterocycles. The molecule has 0 unspecified atom stereocenters. The number of aromatic amines is 1. The first-order chi connectivity index (χ1) is 15.8. The fourth-order valence-electron chi connectivity index (χ4n) is 4.22. The van der Waals surface area contributed by atoms with E-state index in [0.717, 1.165) is 68.1 Å². The lowest BCUT2D eigenvalue weighted by Crippen LogP contribution is -2.46. The van der Waals surface area contributed by atoms with Crippen LogP contribution >= 0.6 is 0 Å². The predicted octanol–water partition coefficient (Wildman–Crippen LogP) is 2.68. The molecule has 5 rings (SSSR count). The molecule has 1 fully saturated rings. The normalized spacial score (nSPS) is 16.3. The van der Waals surface area contributed by atoms with E-state index in [9.17, 15) is 4.79 Å². The molecular weight excluding hydrogens is 408 g/mol. The van der Waals surface area contributed by atoms with Crippen LogP contribution in [0.2, 0.25) is 0 Å². The molecule has 1 aromatic carbocycles. The number of fused-ring (bicyclic) bond motifs is 2. The standard InChI is InChI=1S/C24H28N4O4/c29-21-8-6-18-7-9-22(26-24(18)25-21)31-15-2-1-10-27-11-13-28(14-12-27)19-4-3-5-20-23(19)32-17-16-30-20/h3-9H,1-2,10-17H2,(H,25,26,29). The van der Waals surface area contributed by atoms with Crippen molar-refractivity contribution < 1.29 is 14.2 Å². The summed E-state index contributed by atoms with van der Waals surface area (Å²) in [5, 5.41) is 0.895. The fraction of sp³-hybridized carbons (Fsp3) is 0.417. The Kier molecular flexibility index (Phi) is 6.11. The molecule has 32 heavy (non-hydrogen) atoms. The van der Waals surface area contributed by atoms with Gasteiger partial charge < -0.3 is 24.1 Å². The molecule has 0 radical (unpaired) electrons. The number of nitrogens with zero attached hydrogens (tertiary/aromatic N) is 3. The summed E-state index contributed by atoms with van der Waals surface area (Å²) < 4.78 is 17.4. The molecule has 2 aromatic heterocycles. The lowest BCUT2D eigenvalue weighted by atomic mass is 10.2. The van der Waals surface area contributed by atoms with Gasteiger partial charge in [0.2, 0.25) is 11.4 Å². The lowest BCUT2D eigenvalue weighted by Gasteiger charge is -2.37. The van der Waals surface area contributed by atoms with Gasteiger partial charge in [-0.1, -0.05) is 6.07 Å². The van der Waals surface area contributed by atoms with Crippen LogP contribution in [0.3, 0.4) is 0 Å². The minimum atomic E-state index is -0.157. The second-order valence-electron chi connectivity index (χ2n) is 8.10. The van der Waals surface area contributed by atoms with Crippen molar-refractivity contribution in [2.75, 3.05) is 57.4 Å². The summed E-state index contributed by atoms with van der Waals surface area (Å²) in [5.74, 6) is 2.28. The van der Waals surface area contributed by atoms with Crippen molar-refractivity contribution in [1.29, 1.82) is 0 Å². The summed E-state index contributed by atoms with van der Waals surface area (Å²) in [6.07, 6.45) is 2.03. The molecule has 0 bridgehead atoms. The Morgan fingerprint density at radius 1 is 0.969 bits per heavy atom. The molecule has 0 atom stereocenters. The third-order valence-electron chi connectivity index (χ3n) is 5.93. The average Bonchev–Trinajstić information content (AvgIpc) is 2.83. The first-order valence-electron chi connectivity index (χ1n) is 11.2. The maximum absolute atomic E-state index is 11.5. The minimum absolute atomic E-state index is 0.157. The van der Waals surface area contributed by atoms with Crippen molar-refractivity contribution >= 4 is 16.7 Å². The summed E-state index contributed by atoms with van der Waals surface area (Å²) in [4.78, 5) is 23.5. The number of pyridine rings is 2. The van der Waals surface area contributed by atoms with Crippen LogP contribution in [-0.2, 0) is 0 Å². The van der Waals surface area contributed by atoms with Crippen molar-refractivity contribution in [1.82, 2.24) is 14.9 Å². The van der Waals surface area contributed by atoms with Gasteiger partial charge in [-0.05, 0) is 43.7 Å². The van der Waals surface area contributed by atoms with Crippen LogP contribution < -0.4 is 24.7 Å². The Labute approximate surface area is 186 Å². The van der Waals surface area contributed by atoms with Crippen LogP contribution in [0.15, 0.2) is 47.3 Å². The fourth-order valence-corrected chi connectivity index (χ4v) is 4.22. The van der Waals surface area contributed by atoms with E-state index in [0.29, 0.717) is 31.3 Å². The SMILES string of the molecule is O=c1ccc2ccc(OCCCCN3CCN(c4cccc5c4OCCO5)CC3)nc2[nH]1. The average molecular weight is 437 g/mol. The third-order valence-corrected chi connectivity index (χ3v) is 5.93. The van der Waals surface area contributed by atoms with E-state index in [2.05, 4.69) is 25.8 Å². The van der Waals surface area contributed by atoms with Crippen molar-refractivity contribution in [3.8, 4) is 17.4 Å².